The Bertz CT molecular complexity index is 7100. The Labute approximate surface area is 717 Å². The summed E-state index contributed by atoms with van der Waals surface area (Å²) in [6, 6.07) is 167. The monoisotopic (exact) mass is 1620 g/mol. The summed E-state index contributed by atoms with van der Waals surface area (Å²) in [4.78, 5) is 0. The number of hydrogen-bond acceptors (Lipinski definition) is 6. The van der Waals surface area contributed by atoms with E-state index in [1.54, 1.807) is 0 Å². The standard InChI is InChI=1S/C18H13N.C18H12O.C18H12S.C12H8O.3C12H8S.C12H10/c1-2-8-14(9-3-1)19-17-12-6-4-10-15(17)16-11-5-7-13-18(16)19;2*1-2-7-13(8-3-1)14-10-6-11-16-15-9-4-5-12-17(15)19-18(14)16;4*1-3-7-11-9(5-1)10-6-2-4-8-12(10)13-11;1-3-7-11(8-4-1)12-9-5-2-6-10-12/h1-13H;2*1-12H;4*1-8H;1-10H. The number of para-hydroxylation sites is 7. The van der Waals surface area contributed by atoms with E-state index in [0.717, 1.165) is 27.9 Å². The van der Waals surface area contributed by atoms with Crippen LogP contribution in [0.4, 0.5) is 0 Å². The molecule has 0 saturated carbocycles. The van der Waals surface area contributed by atoms with Crippen LogP contribution in [0.25, 0.3) is 185 Å². The van der Waals surface area contributed by atoms with Gasteiger partial charge in [-0.2, -0.15) is 0 Å². The third-order valence-corrected chi connectivity index (χ3v) is 26.3. The highest BCUT2D eigenvalue weighted by Gasteiger charge is 2.15. The van der Waals surface area contributed by atoms with E-state index < -0.39 is 0 Å². The first-order valence-corrected chi connectivity index (χ1v) is 43.9. The molecule has 0 atom stereocenters. The molecule has 26 aromatic rings. The average molecular weight is 1620 g/mol. The predicted molar refractivity (Wildman–Crippen MR) is 528 cm³/mol. The van der Waals surface area contributed by atoms with Gasteiger partial charge in [-0.05, 0) is 113 Å². The molecule has 7 aromatic heterocycles. The number of furan rings is 2. The van der Waals surface area contributed by atoms with E-state index >= 15 is 0 Å². The van der Waals surface area contributed by atoms with Crippen molar-refractivity contribution < 1.29 is 8.83 Å². The summed E-state index contributed by atoms with van der Waals surface area (Å²) in [6.45, 7) is 0. The molecule has 576 valence electrons. The van der Waals surface area contributed by atoms with Crippen LogP contribution in [-0.2, 0) is 0 Å². The minimum atomic E-state index is 0.945. The van der Waals surface area contributed by atoms with Gasteiger partial charge in [0.05, 0.1) is 11.0 Å². The number of aromatic nitrogens is 1. The molecule has 26 rings (SSSR count). The van der Waals surface area contributed by atoms with Crippen molar-refractivity contribution in [3.63, 3.8) is 0 Å². The van der Waals surface area contributed by atoms with Crippen LogP contribution in [0.5, 0.6) is 0 Å². The number of fused-ring (bicyclic) bond motifs is 21. The summed E-state index contributed by atoms with van der Waals surface area (Å²) in [5.41, 5.74) is 15.1. The van der Waals surface area contributed by atoms with Gasteiger partial charge in [0.2, 0.25) is 0 Å². The van der Waals surface area contributed by atoms with Gasteiger partial charge in [-0.3, -0.25) is 0 Å². The lowest BCUT2D eigenvalue weighted by Crippen LogP contribution is -1.92. The van der Waals surface area contributed by atoms with Gasteiger partial charge in [0, 0.05) is 124 Å². The normalized spacial score (nSPS) is 11.0. The smallest absolute Gasteiger partial charge is 0.143 e. The van der Waals surface area contributed by atoms with E-state index in [4.69, 9.17) is 8.83 Å². The summed E-state index contributed by atoms with van der Waals surface area (Å²) in [6.07, 6.45) is 0. The maximum Gasteiger partial charge on any atom is 0.143 e. The Morgan fingerprint density at radius 3 is 0.785 bits per heavy atom. The van der Waals surface area contributed by atoms with Gasteiger partial charge in [0.25, 0.3) is 0 Å². The number of thiophene rings is 4. The molecule has 0 fully saturated rings. The second kappa shape index (κ2) is 36.1. The van der Waals surface area contributed by atoms with Gasteiger partial charge in [0.15, 0.2) is 0 Å². The number of rotatable bonds is 4. The molecule has 121 heavy (non-hydrogen) atoms. The van der Waals surface area contributed by atoms with Crippen molar-refractivity contribution in [3.05, 3.63) is 479 Å². The molecule has 0 radical (unpaired) electrons. The van der Waals surface area contributed by atoms with Crippen LogP contribution in [-0.4, -0.2) is 4.57 Å². The fourth-order valence-corrected chi connectivity index (χ4v) is 20.5. The molecule has 7 heterocycles. The molecule has 0 aliphatic carbocycles. The quantitative estimate of drug-likeness (QED) is 0.176. The van der Waals surface area contributed by atoms with Crippen molar-refractivity contribution in [2.75, 3.05) is 0 Å². The van der Waals surface area contributed by atoms with Crippen LogP contribution >= 0.6 is 45.3 Å². The van der Waals surface area contributed by atoms with E-state index in [-0.39, 0.29) is 0 Å². The highest BCUT2D eigenvalue weighted by molar-refractivity contribution is 7.27. The summed E-state index contributed by atoms with van der Waals surface area (Å²) >= 11 is 7.47. The van der Waals surface area contributed by atoms with Gasteiger partial charge in [0.1, 0.15) is 22.3 Å². The van der Waals surface area contributed by atoms with Gasteiger partial charge in [-0.1, -0.05) is 394 Å². The molecule has 7 heteroatoms. The molecular formula is C114H79NO2S4. The zero-order valence-electron chi connectivity index (χ0n) is 66.0. The SMILES string of the molecule is c1ccc(-c2cccc3c2oc2ccccc23)cc1.c1ccc(-c2cccc3c2sc2ccccc23)cc1.c1ccc(-c2ccccc2)cc1.c1ccc(-n2c3ccccc3c3ccccc32)cc1.c1ccc2c(c1)oc1ccccc12.c1ccc2c(c1)sc1ccccc12.c1ccc2c(c1)sc1ccccc12.c1ccc2c(c1)sc1ccccc12. The zero-order valence-corrected chi connectivity index (χ0v) is 69.3. The topological polar surface area (TPSA) is 31.2 Å². The molecule has 0 spiro atoms. The van der Waals surface area contributed by atoms with Crippen molar-refractivity contribution >= 4 is 192 Å². The first-order valence-electron chi connectivity index (χ1n) is 40.6. The predicted octanol–water partition coefficient (Wildman–Crippen LogP) is 34.9. The number of hydrogen-bond donors (Lipinski definition) is 0. The Morgan fingerprint density at radius 2 is 0.405 bits per heavy atom. The Kier molecular flexibility index (Phi) is 22.8. The van der Waals surface area contributed by atoms with Crippen LogP contribution in [0.3, 0.4) is 0 Å². The summed E-state index contributed by atoms with van der Waals surface area (Å²) in [5, 5.41) is 18.3. The molecule has 0 saturated heterocycles. The van der Waals surface area contributed by atoms with E-state index in [1.807, 2.05) is 118 Å². The lowest BCUT2D eigenvalue weighted by Gasteiger charge is -2.06. The van der Waals surface area contributed by atoms with Crippen LogP contribution in [0.15, 0.2) is 488 Å². The van der Waals surface area contributed by atoms with E-state index in [0.29, 0.717) is 0 Å². The minimum Gasteiger partial charge on any atom is -0.456 e. The first-order chi connectivity index (χ1) is 60.1. The van der Waals surface area contributed by atoms with E-state index in [1.165, 1.54) is 158 Å². The van der Waals surface area contributed by atoms with Crippen LogP contribution < -0.4 is 0 Å². The highest BCUT2D eigenvalue weighted by atomic mass is 32.1. The van der Waals surface area contributed by atoms with Crippen molar-refractivity contribution in [1.29, 1.82) is 0 Å². The first kappa shape index (κ1) is 76.4. The molecule has 0 aliphatic rings. The number of benzene rings is 19. The second-order valence-corrected chi connectivity index (χ2v) is 33.4. The van der Waals surface area contributed by atoms with Gasteiger partial charge in [-0.15, -0.1) is 45.3 Å². The Hall–Kier alpha value is -14.5. The van der Waals surface area contributed by atoms with Crippen molar-refractivity contribution in [1.82, 2.24) is 4.57 Å². The molecular weight excluding hydrogens is 1540 g/mol. The van der Waals surface area contributed by atoms with Crippen molar-refractivity contribution in [2.24, 2.45) is 0 Å². The molecule has 0 bridgehead atoms. The Morgan fingerprint density at radius 1 is 0.157 bits per heavy atom. The van der Waals surface area contributed by atoms with Crippen LogP contribution in [0.2, 0.25) is 0 Å². The third-order valence-electron chi connectivity index (χ3n) is 21.6. The fraction of sp³-hybridized carbons (Fsp3) is 0. The summed E-state index contributed by atoms with van der Waals surface area (Å²) < 4.78 is 25.0. The van der Waals surface area contributed by atoms with Gasteiger partial charge < -0.3 is 13.4 Å². The lowest BCUT2D eigenvalue weighted by atomic mass is 10.0. The molecule has 0 aliphatic heterocycles. The number of nitrogens with zero attached hydrogens (tertiary/aromatic N) is 1. The zero-order chi connectivity index (χ0) is 80.9. The lowest BCUT2D eigenvalue weighted by molar-refractivity contribution is 0.669. The summed E-state index contributed by atoms with van der Waals surface area (Å²) in [7, 11) is 0. The van der Waals surface area contributed by atoms with Crippen molar-refractivity contribution in [2.45, 2.75) is 0 Å². The van der Waals surface area contributed by atoms with Crippen LogP contribution in [0.1, 0.15) is 0 Å². The third kappa shape index (κ3) is 16.5. The molecule has 0 N–H and O–H groups in total. The van der Waals surface area contributed by atoms with Crippen molar-refractivity contribution in [3.8, 4) is 39.1 Å². The highest BCUT2D eigenvalue weighted by Crippen LogP contribution is 2.42. The Balaban J connectivity index is 0.0000000919. The van der Waals surface area contributed by atoms with Crippen LogP contribution in [0, 0.1) is 0 Å². The van der Waals surface area contributed by atoms with Gasteiger partial charge in [-0.25, -0.2) is 0 Å². The van der Waals surface area contributed by atoms with Gasteiger partial charge >= 0.3 is 0 Å². The maximum absolute atomic E-state index is 6.04. The minimum absolute atomic E-state index is 0.945. The largest absolute Gasteiger partial charge is 0.456 e. The fourth-order valence-electron chi connectivity index (χ4n) is 15.9. The van der Waals surface area contributed by atoms with E-state index in [2.05, 4.69) is 411 Å². The average Bonchev–Trinajstić information content (AvgIpc) is 1.60. The van der Waals surface area contributed by atoms with E-state index in [9.17, 15) is 0 Å². The second-order valence-electron chi connectivity index (χ2n) is 29.1. The molecule has 19 aromatic carbocycles. The molecule has 0 unspecified atom stereocenters. The molecule has 3 nitrogen and oxygen atoms in total. The summed E-state index contributed by atoms with van der Waals surface area (Å²) in [5.74, 6) is 0. The maximum atomic E-state index is 6.04. The molecule has 0 amide bonds.